The molecular weight excluding hydrogens is 699 g/mol. The minimum absolute atomic E-state index is 0.0625. The lowest BCUT2D eigenvalue weighted by Crippen LogP contribution is -2.45. The molecule has 0 aromatic carbocycles. The zero-order chi connectivity index (χ0) is 41.4. The molecule has 0 saturated carbocycles. The lowest BCUT2D eigenvalue weighted by atomic mass is 10.0. The van der Waals surface area contributed by atoms with Gasteiger partial charge in [0.2, 0.25) is 5.91 Å². The van der Waals surface area contributed by atoms with Crippen molar-refractivity contribution >= 4 is 5.91 Å². The Bertz CT molecular complexity index is 825. The van der Waals surface area contributed by atoms with Crippen LogP contribution in [0.25, 0.3) is 0 Å². The molecule has 0 bridgehead atoms. The summed E-state index contributed by atoms with van der Waals surface area (Å²) in [6.07, 6.45) is 65.0. The molecule has 4 nitrogen and oxygen atoms in total. The molecule has 338 valence electrons. The Hall–Kier alpha value is -1.13. The van der Waals surface area contributed by atoms with E-state index in [9.17, 15) is 15.0 Å². The van der Waals surface area contributed by atoms with Crippen molar-refractivity contribution in [2.75, 3.05) is 6.61 Å². The number of hydrogen-bond acceptors (Lipinski definition) is 3. The van der Waals surface area contributed by atoms with Crippen LogP contribution in [0.5, 0.6) is 0 Å². The maximum absolute atomic E-state index is 12.3. The van der Waals surface area contributed by atoms with Gasteiger partial charge in [0.05, 0.1) is 18.8 Å². The quantitative estimate of drug-likeness (QED) is 0.0424. The van der Waals surface area contributed by atoms with Crippen LogP contribution in [0.1, 0.15) is 290 Å². The lowest BCUT2D eigenvalue weighted by Gasteiger charge is -2.20. The first kappa shape index (κ1) is 55.9. The Balaban J connectivity index is 3.32. The van der Waals surface area contributed by atoms with Gasteiger partial charge in [0.15, 0.2) is 0 Å². The molecule has 57 heavy (non-hydrogen) atoms. The highest BCUT2D eigenvalue weighted by Gasteiger charge is 2.18. The zero-order valence-electron chi connectivity index (χ0n) is 38.9. The first-order valence-corrected chi connectivity index (χ1v) is 26.1. The summed E-state index contributed by atoms with van der Waals surface area (Å²) in [6.45, 7) is 4.28. The summed E-state index contributed by atoms with van der Waals surface area (Å²) in [5.74, 6) is -0.0625. The van der Waals surface area contributed by atoms with Gasteiger partial charge in [-0.3, -0.25) is 4.79 Å². The molecule has 0 aliphatic heterocycles. The summed E-state index contributed by atoms with van der Waals surface area (Å²) >= 11 is 0. The minimum Gasteiger partial charge on any atom is -0.394 e. The van der Waals surface area contributed by atoms with Gasteiger partial charge in [-0.05, 0) is 44.9 Å². The average Bonchev–Trinajstić information content (AvgIpc) is 3.22. The normalized spacial score (nSPS) is 13.0. The van der Waals surface area contributed by atoms with Crippen LogP contribution in [0, 0.1) is 0 Å². The fourth-order valence-corrected chi connectivity index (χ4v) is 8.18. The van der Waals surface area contributed by atoms with Crippen molar-refractivity contribution in [3.63, 3.8) is 0 Å². The number of nitrogens with one attached hydrogen (secondary N) is 1. The van der Waals surface area contributed by atoms with Crippen molar-refractivity contribution in [2.45, 2.75) is 302 Å². The first-order valence-electron chi connectivity index (χ1n) is 26.1. The summed E-state index contributed by atoms with van der Waals surface area (Å²) in [5, 5.41) is 22.9. The standard InChI is InChI=1S/C53H103NO3/c1-3-5-7-9-11-13-14-15-16-17-18-19-20-21-22-23-24-25-26-27-28-29-30-31-32-33-34-35-36-37-38-39-40-41-43-45-47-49-53(57)54-51(50-55)52(56)48-46-44-42-12-10-8-6-4-2/h17-18,46,48,51-52,55-56H,3-16,19-45,47,49-50H2,1-2H3,(H,54,57)/b18-17-,48-46+. The van der Waals surface area contributed by atoms with Crippen LogP contribution in [0.3, 0.4) is 0 Å². The van der Waals surface area contributed by atoms with E-state index < -0.39 is 12.1 Å². The number of carbonyl (C=O) groups is 1. The van der Waals surface area contributed by atoms with Crippen molar-refractivity contribution in [2.24, 2.45) is 0 Å². The van der Waals surface area contributed by atoms with E-state index in [0.717, 1.165) is 25.7 Å². The monoisotopic (exact) mass is 802 g/mol. The maximum Gasteiger partial charge on any atom is 0.220 e. The predicted molar refractivity (Wildman–Crippen MR) is 253 cm³/mol. The largest absolute Gasteiger partial charge is 0.394 e. The average molecular weight is 802 g/mol. The number of rotatable bonds is 48. The molecule has 2 unspecified atom stereocenters. The molecule has 4 heteroatoms. The van der Waals surface area contributed by atoms with Crippen molar-refractivity contribution in [3.8, 4) is 0 Å². The van der Waals surface area contributed by atoms with Gasteiger partial charge in [-0.1, -0.05) is 263 Å². The van der Waals surface area contributed by atoms with E-state index in [1.165, 1.54) is 244 Å². The highest BCUT2D eigenvalue weighted by atomic mass is 16.3. The fourth-order valence-electron chi connectivity index (χ4n) is 8.18. The topological polar surface area (TPSA) is 69.6 Å². The predicted octanol–water partition coefficient (Wildman–Crippen LogP) is 16.8. The number of aliphatic hydroxyl groups excluding tert-OH is 2. The maximum atomic E-state index is 12.3. The van der Waals surface area contributed by atoms with Gasteiger partial charge >= 0.3 is 0 Å². The number of amides is 1. The second-order valence-corrected chi connectivity index (χ2v) is 17.9. The van der Waals surface area contributed by atoms with Crippen LogP contribution in [0.4, 0.5) is 0 Å². The third kappa shape index (κ3) is 45.8. The van der Waals surface area contributed by atoms with Crippen LogP contribution in [0.2, 0.25) is 0 Å². The van der Waals surface area contributed by atoms with Gasteiger partial charge in [-0.2, -0.15) is 0 Å². The minimum atomic E-state index is -0.833. The zero-order valence-corrected chi connectivity index (χ0v) is 38.9. The summed E-state index contributed by atoms with van der Waals surface area (Å²) in [7, 11) is 0. The SMILES string of the molecule is CCCCCCCC/C=C/C(O)C(CO)NC(=O)CCCCCCCCCCCCCCCCCCCCCCCCCCC/C=C\CCCCCCCCCC. The lowest BCUT2D eigenvalue weighted by molar-refractivity contribution is -0.123. The van der Waals surface area contributed by atoms with Crippen molar-refractivity contribution in [1.29, 1.82) is 0 Å². The van der Waals surface area contributed by atoms with Crippen molar-refractivity contribution in [3.05, 3.63) is 24.3 Å². The van der Waals surface area contributed by atoms with E-state index in [-0.39, 0.29) is 12.5 Å². The number of allylic oxidation sites excluding steroid dienone is 3. The van der Waals surface area contributed by atoms with Gasteiger partial charge in [-0.25, -0.2) is 0 Å². The number of hydrogen-bond donors (Lipinski definition) is 3. The van der Waals surface area contributed by atoms with Crippen molar-refractivity contribution < 1.29 is 15.0 Å². The smallest absolute Gasteiger partial charge is 0.220 e. The Morgan fingerprint density at radius 3 is 0.965 bits per heavy atom. The van der Waals surface area contributed by atoms with Crippen LogP contribution in [0.15, 0.2) is 24.3 Å². The van der Waals surface area contributed by atoms with E-state index >= 15 is 0 Å². The molecule has 2 atom stereocenters. The molecule has 0 spiro atoms. The highest BCUT2D eigenvalue weighted by molar-refractivity contribution is 5.76. The molecule has 3 N–H and O–H groups in total. The third-order valence-electron chi connectivity index (χ3n) is 12.2. The Kier molecular flexibility index (Phi) is 48.3. The van der Waals surface area contributed by atoms with Crippen LogP contribution in [-0.2, 0) is 4.79 Å². The van der Waals surface area contributed by atoms with E-state index in [0.29, 0.717) is 6.42 Å². The van der Waals surface area contributed by atoms with E-state index in [4.69, 9.17) is 0 Å². The Morgan fingerprint density at radius 2 is 0.667 bits per heavy atom. The Labute approximate surface area is 358 Å². The van der Waals surface area contributed by atoms with Gasteiger partial charge in [0.1, 0.15) is 0 Å². The molecule has 0 rings (SSSR count). The summed E-state index contributed by atoms with van der Waals surface area (Å²) < 4.78 is 0. The third-order valence-corrected chi connectivity index (χ3v) is 12.2. The van der Waals surface area contributed by atoms with Gasteiger partial charge < -0.3 is 15.5 Å². The van der Waals surface area contributed by atoms with Crippen LogP contribution < -0.4 is 5.32 Å². The number of carbonyl (C=O) groups excluding carboxylic acids is 1. The fraction of sp³-hybridized carbons (Fsp3) is 0.906. The summed E-state index contributed by atoms with van der Waals surface area (Å²) in [4.78, 5) is 12.3. The molecule has 0 aromatic rings. The summed E-state index contributed by atoms with van der Waals surface area (Å²) in [6, 6.07) is -0.616. The van der Waals surface area contributed by atoms with Crippen molar-refractivity contribution in [1.82, 2.24) is 5.32 Å². The molecular formula is C53H103NO3. The summed E-state index contributed by atoms with van der Waals surface area (Å²) in [5.41, 5.74) is 0. The molecule has 0 fully saturated rings. The molecule has 0 aromatic heterocycles. The molecule has 0 heterocycles. The van der Waals surface area contributed by atoms with Gasteiger partial charge in [0.25, 0.3) is 0 Å². The van der Waals surface area contributed by atoms with E-state index in [1.54, 1.807) is 6.08 Å². The molecule has 1 amide bonds. The second-order valence-electron chi connectivity index (χ2n) is 17.9. The second kappa shape index (κ2) is 49.2. The molecule has 0 saturated heterocycles. The van der Waals surface area contributed by atoms with E-state index in [1.807, 2.05) is 6.08 Å². The molecule has 0 radical (unpaired) electrons. The van der Waals surface area contributed by atoms with Gasteiger partial charge in [0, 0.05) is 6.42 Å². The highest BCUT2D eigenvalue weighted by Crippen LogP contribution is 2.17. The number of unbranched alkanes of at least 4 members (excludes halogenated alkanes) is 39. The molecule has 0 aliphatic carbocycles. The Morgan fingerprint density at radius 1 is 0.404 bits per heavy atom. The van der Waals surface area contributed by atoms with E-state index in [2.05, 4.69) is 31.3 Å². The van der Waals surface area contributed by atoms with Crippen LogP contribution in [-0.4, -0.2) is 34.9 Å². The molecule has 0 aliphatic rings. The number of aliphatic hydroxyl groups is 2. The van der Waals surface area contributed by atoms with Crippen LogP contribution >= 0.6 is 0 Å². The first-order chi connectivity index (χ1) is 28.2. The van der Waals surface area contributed by atoms with Gasteiger partial charge in [-0.15, -0.1) is 0 Å².